The van der Waals surface area contributed by atoms with Gasteiger partial charge in [-0.05, 0) is 55.8 Å². The number of benzene rings is 3. The molecule has 5 rings (SSSR count). The molecule has 3 aromatic carbocycles. The fraction of sp³-hybridized carbons (Fsp3) is 0.276. The zero-order valence-corrected chi connectivity index (χ0v) is 20.0. The van der Waals surface area contributed by atoms with E-state index in [1.54, 1.807) is 0 Å². The third-order valence-electron chi connectivity index (χ3n) is 7.12. The Hall–Kier alpha value is -3.51. The maximum absolute atomic E-state index is 14.3. The monoisotopic (exact) mass is 473 g/mol. The number of carbonyl (C=O) groups is 1. The van der Waals surface area contributed by atoms with Gasteiger partial charge in [0.1, 0.15) is 11.6 Å². The van der Waals surface area contributed by atoms with E-state index in [-0.39, 0.29) is 18.0 Å². The van der Waals surface area contributed by atoms with Crippen LogP contribution in [-0.4, -0.2) is 47.9 Å². The Labute approximate surface area is 205 Å². The molecular weight excluding hydrogens is 444 g/mol. The van der Waals surface area contributed by atoms with E-state index < -0.39 is 11.6 Å². The van der Waals surface area contributed by atoms with Gasteiger partial charge in [0.15, 0.2) is 0 Å². The normalized spacial score (nSPS) is 18.9. The quantitative estimate of drug-likeness (QED) is 0.462. The van der Waals surface area contributed by atoms with E-state index in [0.717, 1.165) is 24.0 Å². The number of halogens is 2. The Morgan fingerprint density at radius 3 is 2.51 bits per heavy atom. The number of para-hydroxylation sites is 1. The predicted molar refractivity (Wildman–Crippen MR) is 136 cm³/mol. The van der Waals surface area contributed by atoms with Gasteiger partial charge in [-0.2, -0.15) is 0 Å². The topological polar surface area (TPSA) is 26.8 Å². The molecule has 1 amide bonds. The first kappa shape index (κ1) is 23.2. The molecule has 1 fully saturated rings. The molecule has 0 N–H and O–H groups in total. The third kappa shape index (κ3) is 4.58. The summed E-state index contributed by atoms with van der Waals surface area (Å²) < 4.78 is 27.6. The molecule has 0 spiro atoms. The van der Waals surface area contributed by atoms with Crippen molar-refractivity contribution in [3.05, 3.63) is 101 Å². The van der Waals surface area contributed by atoms with Crippen molar-refractivity contribution in [1.82, 2.24) is 9.80 Å². The highest BCUT2D eigenvalue weighted by atomic mass is 19.1. The van der Waals surface area contributed by atoms with Gasteiger partial charge in [-0.15, -0.1) is 0 Å². The minimum absolute atomic E-state index is 0.00301. The Kier molecular flexibility index (Phi) is 6.39. The number of nitrogens with zero attached hydrogens (tertiary/aromatic N) is 3. The van der Waals surface area contributed by atoms with Crippen molar-refractivity contribution in [3.63, 3.8) is 0 Å². The van der Waals surface area contributed by atoms with Crippen LogP contribution in [0.1, 0.15) is 41.4 Å². The maximum Gasteiger partial charge on any atom is 0.254 e. The van der Waals surface area contributed by atoms with Crippen molar-refractivity contribution < 1.29 is 13.6 Å². The Bertz CT molecular complexity index is 1260. The summed E-state index contributed by atoms with van der Waals surface area (Å²) in [5.74, 6) is -1.10. The van der Waals surface area contributed by atoms with Gasteiger partial charge in [-0.25, -0.2) is 8.78 Å². The summed E-state index contributed by atoms with van der Waals surface area (Å²) in [7, 11) is 0. The van der Waals surface area contributed by atoms with Crippen LogP contribution in [0.3, 0.4) is 0 Å². The van der Waals surface area contributed by atoms with Gasteiger partial charge in [0.25, 0.3) is 5.91 Å². The lowest BCUT2D eigenvalue weighted by Crippen LogP contribution is -2.54. The van der Waals surface area contributed by atoms with Crippen molar-refractivity contribution in [1.29, 1.82) is 0 Å². The SMILES string of the molecule is CC(c1ccc(F)cc1F)N1CCN(C(=O)c2ccc(N3CC=Cc4ccccc43)cc2)[C@H](C)C1. The highest BCUT2D eigenvalue weighted by Crippen LogP contribution is 2.33. The molecule has 2 heterocycles. The van der Waals surface area contributed by atoms with Crippen molar-refractivity contribution in [2.45, 2.75) is 25.9 Å². The molecular formula is C29H29F2N3O. The van der Waals surface area contributed by atoms with Gasteiger partial charge in [0, 0.05) is 66.8 Å². The summed E-state index contributed by atoms with van der Waals surface area (Å²) in [6.45, 7) is 6.54. The molecule has 1 unspecified atom stereocenters. The molecule has 1 saturated heterocycles. The summed E-state index contributed by atoms with van der Waals surface area (Å²) in [4.78, 5) is 19.6. The fourth-order valence-electron chi connectivity index (χ4n) is 5.13. The first-order valence-electron chi connectivity index (χ1n) is 12.1. The summed E-state index contributed by atoms with van der Waals surface area (Å²) >= 11 is 0. The predicted octanol–water partition coefficient (Wildman–Crippen LogP) is 6.04. The summed E-state index contributed by atoms with van der Waals surface area (Å²) in [5, 5.41) is 0. The van der Waals surface area contributed by atoms with Crippen LogP contribution < -0.4 is 4.90 Å². The van der Waals surface area contributed by atoms with Crippen LogP contribution in [0.15, 0.2) is 72.8 Å². The van der Waals surface area contributed by atoms with Gasteiger partial charge in [0.05, 0.1) is 0 Å². The molecule has 2 atom stereocenters. The van der Waals surface area contributed by atoms with Gasteiger partial charge in [-0.1, -0.05) is 36.4 Å². The standard InChI is InChI=1S/C29H29F2N3O/c1-20-19-32(21(2)26-14-11-24(30)18-27(26)31)16-17-33(20)29(35)23-9-12-25(13-10-23)34-15-5-7-22-6-3-4-8-28(22)34/h3-14,18,20-21H,15-17,19H2,1-2H3/t20-,21?/m1/s1. The largest absolute Gasteiger partial charge is 0.337 e. The van der Waals surface area contributed by atoms with E-state index in [1.165, 1.54) is 17.7 Å². The maximum atomic E-state index is 14.3. The van der Waals surface area contributed by atoms with Crippen LogP contribution in [0.4, 0.5) is 20.2 Å². The van der Waals surface area contributed by atoms with Crippen LogP contribution in [-0.2, 0) is 0 Å². The lowest BCUT2D eigenvalue weighted by Gasteiger charge is -2.42. The fourth-order valence-corrected chi connectivity index (χ4v) is 5.13. The molecule has 0 radical (unpaired) electrons. The van der Waals surface area contributed by atoms with Crippen LogP contribution in [0.5, 0.6) is 0 Å². The van der Waals surface area contributed by atoms with E-state index in [1.807, 2.05) is 55.1 Å². The van der Waals surface area contributed by atoms with E-state index in [2.05, 4.69) is 34.1 Å². The third-order valence-corrected chi connectivity index (χ3v) is 7.12. The van der Waals surface area contributed by atoms with E-state index in [4.69, 9.17) is 0 Å². The van der Waals surface area contributed by atoms with Crippen LogP contribution >= 0.6 is 0 Å². The zero-order valence-electron chi connectivity index (χ0n) is 20.0. The number of fused-ring (bicyclic) bond motifs is 1. The van der Waals surface area contributed by atoms with Gasteiger partial charge in [-0.3, -0.25) is 9.69 Å². The number of piperazine rings is 1. The molecule has 4 nitrogen and oxygen atoms in total. The smallest absolute Gasteiger partial charge is 0.254 e. The summed E-state index contributed by atoms with van der Waals surface area (Å²) in [5.41, 5.74) is 4.52. The molecule has 2 aliphatic heterocycles. The van der Waals surface area contributed by atoms with E-state index in [9.17, 15) is 13.6 Å². The Balaban J connectivity index is 1.26. The second-order valence-corrected chi connectivity index (χ2v) is 9.30. The van der Waals surface area contributed by atoms with Crippen molar-refractivity contribution in [3.8, 4) is 0 Å². The number of hydrogen-bond acceptors (Lipinski definition) is 3. The summed E-state index contributed by atoms with van der Waals surface area (Å²) in [6, 6.07) is 19.6. The molecule has 0 aliphatic carbocycles. The first-order valence-corrected chi connectivity index (χ1v) is 12.1. The molecule has 0 aromatic heterocycles. The molecule has 35 heavy (non-hydrogen) atoms. The van der Waals surface area contributed by atoms with Crippen molar-refractivity contribution in [2.75, 3.05) is 31.1 Å². The lowest BCUT2D eigenvalue weighted by molar-refractivity contribution is 0.0402. The van der Waals surface area contributed by atoms with Crippen LogP contribution in [0.2, 0.25) is 0 Å². The summed E-state index contributed by atoms with van der Waals surface area (Å²) in [6.07, 6.45) is 4.28. The van der Waals surface area contributed by atoms with Crippen molar-refractivity contribution in [2.24, 2.45) is 0 Å². The molecule has 3 aromatic rings. The van der Waals surface area contributed by atoms with Gasteiger partial charge >= 0.3 is 0 Å². The minimum atomic E-state index is -0.575. The van der Waals surface area contributed by atoms with Crippen LogP contribution in [0.25, 0.3) is 6.08 Å². The van der Waals surface area contributed by atoms with Crippen LogP contribution in [0, 0.1) is 11.6 Å². The first-order chi connectivity index (χ1) is 16.9. The number of rotatable bonds is 4. The second-order valence-electron chi connectivity index (χ2n) is 9.30. The molecule has 6 heteroatoms. The van der Waals surface area contributed by atoms with E-state index in [0.29, 0.717) is 30.8 Å². The molecule has 2 aliphatic rings. The Morgan fingerprint density at radius 2 is 1.77 bits per heavy atom. The zero-order chi connectivity index (χ0) is 24.5. The highest BCUT2D eigenvalue weighted by molar-refractivity contribution is 5.95. The number of amides is 1. The Morgan fingerprint density at radius 1 is 1.00 bits per heavy atom. The molecule has 0 saturated carbocycles. The van der Waals surface area contributed by atoms with Gasteiger partial charge < -0.3 is 9.80 Å². The molecule has 180 valence electrons. The number of hydrogen-bond donors (Lipinski definition) is 0. The average Bonchev–Trinajstić information content (AvgIpc) is 2.87. The van der Waals surface area contributed by atoms with Gasteiger partial charge in [0.2, 0.25) is 0 Å². The van der Waals surface area contributed by atoms with Crippen molar-refractivity contribution >= 4 is 23.4 Å². The minimum Gasteiger partial charge on any atom is -0.337 e. The highest BCUT2D eigenvalue weighted by Gasteiger charge is 2.31. The average molecular weight is 474 g/mol. The number of carbonyl (C=O) groups excluding carboxylic acids is 1. The molecule has 0 bridgehead atoms. The second kappa shape index (κ2) is 9.62. The lowest BCUT2D eigenvalue weighted by atomic mass is 10.0. The number of anilines is 2. The van der Waals surface area contributed by atoms with E-state index >= 15 is 0 Å².